The standard InChI is InChI=1S/C19H22N2O3/c22-19(23)18-9-2-4-11-21(18)13-15-6-5-8-17(12-15)24-14-16-7-1-3-10-20-16/h1,3,5-8,10,12,18H,2,4,9,11,13-14H2,(H,22,23)/t18-/m0/s1. The highest BCUT2D eigenvalue weighted by Crippen LogP contribution is 2.22. The van der Waals surface area contributed by atoms with Crippen LogP contribution in [0.25, 0.3) is 0 Å². The molecule has 1 aliphatic rings. The van der Waals surface area contributed by atoms with E-state index in [1.807, 2.05) is 47.4 Å². The molecule has 0 amide bonds. The molecule has 0 saturated carbocycles. The SMILES string of the molecule is O=C(O)[C@@H]1CCCCN1Cc1cccc(OCc2ccccn2)c1. The lowest BCUT2D eigenvalue weighted by molar-refractivity contribution is -0.144. The lowest BCUT2D eigenvalue weighted by Crippen LogP contribution is -2.43. The fourth-order valence-electron chi connectivity index (χ4n) is 3.07. The number of nitrogens with zero attached hydrogens (tertiary/aromatic N) is 2. The van der Waals surface area contributed by atoms with Crippen LogP contribution in [-0.4, -0.2) is 33.5 Å². The number of carbonyl (C=O) groups is 1. The molecule has 1 aromatic heterocycles. The van der Waals surface area contributed by atoms with Gasteiger partial charge in [-0.15, -0.1) is 0 Å². The molecular weight excluding hydrogens is 304 g/mol. The van der Waals surface area contributed by atoms with Gasteiger partial charge in [0.15, 0.2) is 0 Å². The van der Waals surface area contributed by atoms with Gasteiger partial charge in [0.1, 0.15) is 18.4 Å². The van der Waals surface area contributed by atoms with E-state index in [1.54, 1.807) is 6.20 Å². The van der Waals surface area contributed by atoms with Crippen molar-refractivity contribution in [2.45, 2.75) is 38.5 Å². The molecule has 0 spiro atoms. The number of ether oxygens (including phenoxy) is 1. The molecule has 2 heterocycles. The van der Waals surface area contributed by atoms with E-state index < -0.39 is 5.97 Å². The average Bonchev–Trinajstić information content (AvgIpc) is 2.61. The Bertz CT molecular complexity index is 675. The van der Waals surface area contributed by atoms with E-state index in [0.717, 1.165) is 42.8 Å². The van der Waals surface area contributed by atoms with Crippen molar-refractivity contribution < 1.29 is 14.6 Å². The Labute approximate surface area is 141 Å². The van der Waals surface area contributed by atoms with Crippen molar-refractivity contribution in [3.05, 3.63) is 59.9 Å². The van der Waals surface area contributed by atoms with Crippen LogP contribution in [0, 0.1) is 0 Å². The maximum Gasteiger partial charge on any atom is 0.320 e. The monoisotopic (exact) mass is 326 g/mol. The number of aromatic nitrogens is 1. The molecule has 1 aliphatic heterocycles. The molecule has 5 nitrogen and oxygen atoms in total. The van der Waals surface area contributed by atoms with Crippen LogP contribution < -0.4 is 4.74 Å². The first-order chi connectivity index (χ1) is 11.7. The fourth-order valence-corrected chi connectivity index (χ4v) is 3.07. The average molecular weight is 326 g/mol. The Morgan fingerprint density at radius 3 is 2.96 bits per heavy atom. The van der Waals surface area contributed by atoms with Crippen LogP contribution in [0.15, 0.2) is 48.7 Å². The smallest absolute Gasteiger partial charge is 0.320 e. The number of likely N-dealkylation sites (tertiary alicyclic amines) is 1. The van der Waals surface area contributed by atoms with Crippen LogP contribution in [0.5, 0.6) is 5.75 Å². The van der Waals surface area contributed by atoms with Crippen LogP contribution in [0.3, 0.4) is 0 Å². The van der Waals surface area contributed by atoms with Gasteiger partial charge in [-0.3, -0.25) is 14.7 Å². The van der Waals surface area contributed by atoms with Gasteiger partial charge in [-0.2, -0.15) is 0 Å². The summed E-state index contributed by atoms with van der Waals surface area (Å²) in [4.78, 5) is 17.7. The van der Waals surface area contributed by atoms with E-state index in [4.69, 9.17) is 4.74 Å². The Kier molecular flexibility index (Phi) is 5.43. The first-order valence-electron chi connectivity index (χ1n) is 8.31. The molecule has 1 N–H and O–H groups in total. The minimum atomic E-state index is -0.725. The van der Waals surface area contributed by atoms with Crippen LogP contribution in [0.4, 0.5) is 0 Å². The summed E-state index contributed by atoms with van der Waals surface area (Å²) in [6.45, 7) is 1.89. The zero-order valence-corrected chi connectivity index (χ0v) is 13.6. The van der Waals surface area contributed by atoms with Crippen molar-refractivity contribution in [3.8, 4) is 5.75 Å². The Balaban J connectivity index is 1.63. The van der Waals surface area contributed by atoms with Gasteiger partial charge in [0.25, 0.3) is 0 Å². The first kappa shape index (κ1) is 16.5. The van der Waals surface area contributed by atoms with Gasteiger partial charge in [-0.1, -0.05) is 24.6 Å². The maximum atomic E-state index is 11.4. The van der Waals surface area contributed by atoms with Crippen molar-refractivity contribution in [1.29, 1.82) is 0 Å². The summed E-state index contributed by atoms with van der Waals surface area (Å²) in [5.41, 5.74) is 1.95. The number of benzene rings is 1. The fraction of sp³-hybridized carbons (Fsp3) is 0.368. The molecule has 0 unspecified atom stereocenters. The molecular formula is C19H22N2O3. The van der Waals surface area contributed by atoms with Crippen molar-refractivity contribution in [1.82, 2.24) is 9.88 Å². The van der Waals surface area contributed by atoms with E-state index >= 15 is 0 Å². The molecule has 2 aromatic rings. The molecule has 24 heavy (non-hydrogen) atoms. The van der Waals surface area contributed by atoms with E-state index in [1.165, 1.54) is 0 Å². The van der Waals surface area contributed by atoms with E-state index in [2.05, 4.69) is 4.98 Å². The van der Waals surface area contributed by atoms with Crippen LogP contribution in [0.2, 0.25) is 0 Å². The number of pyridine rings is 1. The molecule has 0 aliphatic carbocycles. The largest absolute Gasteiger partial charge is 0.487 e. The first-order valence-corrected chi connectivity index (χ1v) is 8.31. The lowest BCUT2D eigenvalue weighted by Gasteiger charge is -2.32. The summed E-state index contributed by atoms with van der Waals surface area (Å²) >= 11 is 0. The topological polar surface area (TPSA) is 62.7 Å². The highest BCUT2D eigenvalue weighted by molar-refractivity contribution is 5.73. The summed E-state index contributed by atoms with van der Waals surface area (Å²) in [5, 5.41) is 9.38. The summed E-state index contributed by atoms with van der Waals surface area (Å²) < 4.78 is 5.80. The van der Waals surface area contributed by atoms with E-state index in [9.17, 15) is 9.90 Å². The number of hydrogen-bond acceptors (Lipinski definition) is 4. The third kappa shape index (κ3) is 4.32. The second-order valence-corrected chi connectivity index (χ2v) is 6.08. The number of hydrogen-bond donors (Lipinski definition) is 1. The van der Waals surface area contributed by atoms with Crippen molar-refractivity contribution in [2.75, 3.05) is 6.54 Å². The lowest BCUT2D eigenvalue weighted by atomic mass is 10.0. The molecule has 1 saturated heterocycles. The van der Waals surface area contributed by atoms with Crippen LogP contribution in [-0.2, 0) is 17.9 Å². The van der Waals surface area contributed by atoms with Gasteiger partial charge in [0, 0.05) is 12.7 Å². The predicted molar refractivity (Wildman–Crippen MR) is 90.7 cm³/mol. The number of piperidine rings is 1. The summed E-state index contributed by atoms with van der Waals surface area (Å²) in [5.74, 6) is 0.0549. The third-order valence-corrected chi connectivity index (χ3v) is 4.30. The second-order valence-electron chi connectivity index (χ2n) is 6.08. The van der Waals surface area contributed by atoms with E-state index in [0.29, 0.717) is 13.2 Å². The zero-order chi connectivity index (χ0) is 16.8. The van der Waals surface area contributed by atoms with Crippen molar-refractivity contribution >= 4 is 5.97 Å². The Hall–Kier alpha value is -2.40. The maximum absolute atomic E-state index is 11.4. The third-order valence-electron chi connectivity index (χ3n) is 4.30. The van der Waals surface area contributed by atoms with Gasteiger partial charge in [0.2, 0.25) is 0 Å². The Morgan fingerprint density at radius 1 is 1.25 bits per heavy atom. The van der Waals surface area contributed by atoms with Gasteiger partial charge >= 0.3 is 5.97 Å². The number of carboxylic acids is 1. The zero-order valence-electron chi connectivity index (χ0n) is 13.6. The molecule has 5 heteroatoms. The minimum Gasteiger partial charge on any atom is -0.487 e. The quantitative estimate of drug-likeness (QED) is 0.884. The summed E-state index contributed by atoms with van der Waals surface area (Å²) in [6, 6.07) is 13.2. The second kappa shape index (κ2) is 7.93. The number of aliphatic carboxylic acids is 1. The number of rotatable bonds is 6. The Morgan fingerprint density at radius 2 is 2.17 bits per heavy atom. The molecule has 0 radical (unpaired) electrons. The van der Waals surface area contributed by atoms with Crippen molar-refractivity contribution in [2.24, 2.45) is 0 Å². The minimum absolute atomic E-state index is 0.378. The van der Waals surface area contributed by atoms with E-state index in [-0.39, 0.29) is 6.04 Å². The highest BCUT2D eigenvalue weighted by Gasteiger charge is 2.28. The van der Waals surface area contributed by atoms with Gasteiger partial charge in [0.05, 0.1) is 5.69 Å². The highest BCUT2D eigenvalue weighted by atomic mass is 16.5. The van der Waals surface area contributed by atoms with Gasteiger partial charge in [-0.25, -0.2) is 0 Å². The van der Waals surface area contributed by atoms with Crippen LogP contribution >= 0.6 is 0 Å². The molecule has 1 aromatic carbocycles. The number of carboxylic acid groups (broad SMARTS) is 1. The van der Waals surface area contributed by atoms with Crippen molar-refractivity contribution in [3.63, 3.8) is 0 Å². The van der Waals surface area contributed by atoms with Gasteiger partial charge < -0.3 is 9.84 Å². The molecule has 3 rings (SSSR count). The summed E-state index contributed by atoms with van der Waals surface area (Å²) in [6.07, 6.45) is 4.52. The van der Waals surface area contributed by atoms with Crippen LogP contribution in [0.1, 0.15) is 30.5 Å². The molecule has 0 bridgehead atoms. The summed E-state index contributed by atoms with van der Waals surface area (Å²) in [7, 11) is 0. The predicted octanol–water partition coefficient (Wildman–Crippen LogP) is 3.10. The molecule has 126 valence electrons. The molecule has 1 fully saturated rings. The normalized spacial score (nSPS) is 18.2. The molecule has 1 atom stereocenters. The van der Waals surface area contributed by atoms with Gasteiger partial charge in [-0.05, 0) is 49.2 Å².